The Balaban J connectivity index is 1.18. The van der Waals surface area contributed by atoms with Crippen LogP contribution >= 0.6 is 11.6 Å². The summed E-state index contributed by atoms with van der Waals surface area (Å²) in [6, 6.07) is 15.9. The van der Waals surface area contributed by atoms with Crippen LogP contribution in [0.25, 0.3) is 10.9 Å². The molecule has 2 fully saturated rings. The quantitative estimate of drug-likeness (QED) is 0.530. The van der Waals surface area contributed by atoms with E-state index in [1.54, 1.807) is 12.1 Å². The predicted octanol–water partition coefficient (Wildman–Crippen LogP) is 4.19. The third-order valence-electron chi connectivity index (χ3n) is 6.77. The van der Waals surface area contributed by atoms with E-state index in [-0.39, 0.29) is 5.91 Å². The third-order valence-corrected chi connectivity index (χ3v) is 7.10. The maximum atomic E-state index is 12.4. The van der Waals surface area contributed by atoms with E-state index < -0.39 is 0 Å². The van der Waals surface area contributed by atoms with Gasteiger partial charge in [0, 0.05) is 50.7 Å². The molecule has 2 heterocycles. The van der Waals surface area contributed by atoms with Crippen molar-refractivity contribution in [1.82, 2.24) is 20.2 Å². The summed E-state index contributed by atoms with van der Waals surface area (Å²) in [6.45, 7) is 4.93. The lowest BCUT2D eigenvalue weighted by Gasteiger charge is -2.35. The monoisotopic (exact) mass is 478 g/mol. The molecule has 0 bridgehead atoms. The molecular formula is C26H31ClN6O. The van der Waals surface area contributed by atoms with Crippen LogP contribution in [0.1, 0.15) is 36.0 Å². The van der Waals surface area contributed by atoms with Gasteiger partial charge in [0.25, 0.3) is 5.91 Å². The fourth-order valence-electron chi connectivity index (χ4n) is 4.82. The van der Waals surface area contributed by atoms with Gasteiger partial charge in [0.2, 0.25) is 5.95 Å². The van der Waals surface area contributed by atoms with Crippen LogP contribution in [0.3, 0.4) is 0 Å². The molecule has 2 aliphatic rings. The lowest BCUT2D eigenvalue weighted by atomic mass is 10.2. The Hall–Kier alpha value is -2.90. The molecule has 1 saturated carbocycles. The molecule has 1 saturated heterocycles. The second kappa shape index (κ2) is 10.6. The Labute approximate surface area is 205 Å². The highest BCUT2D eigenvalue weighted by atomic mass is 35.5. The summed E-state index contributed by atoms with van der Waals surface area (Å²) >= 11 is 6.12. The molecule has 0 spiro atoms. The fraction of sp³-hybridized carbons (Fsp3) is 0.423. The topological polar surface area (TPSA) is 73.4 Å². The summed E-state index contributed by atoms with van der Waals surface area (Å²) in [4.78, 5) is 26.8. The number of nitrogens with zero attached hydrogens (tertiary/aromatic N) is 4. The molecule has 1 aliphatic heterocycles. The number of halogens is 1. The number of rotatable bonds is 7. The number of nitrogens with one attached hydrogen (secondary N) is 2. The van der Waals surface area contributed by atoms with E-state index in [2.05, 4.69) is 38.6 Å². The third kappa shape index (κ3) is 5.26. The minimum atomic E-state index is -0.129. The summed E-state index contributed by atoms with van der Waals surface area (Å²) < 4.78 is 0. The van der Waals surface area contributed by atoms with Crippen molar-refractivity contribution in [2.24, 2.45) is 0 Å². The van der Waals surface area contributed by atoms with E-state index >= 15 is 0 Å². The zero-order valence-corrected chi connectivity index (χ0v) is 20.1. The number of hydrogen-bond acceptors (Lipinski definition) is 6. The molecule has 5 rings (SSSR count). The Morgan fingerprint density at radius 1 is 0.971 bits per heavy atom. The molecular weight excluding hydrogens is 448 g/mol. The van der Waals surface area contributed by atoms with Crippen LogP contribution in [0, 0.1) is 0 Å². The van der Waals surface area contributed by atoms with Gasteiger partial charge in [-0.1, -0.05) is 48.7 Å². The number of benzene rings is 2. The summed E-state index contributed by atoms with van der Waals surface area (Å²) in [5, 5.41) is 8.24. The molecule has 1 aromatic heterocycles. The van der Waals surface area contributed by atoms with Crippen LogP contribution in [0.15, 0.2) is 48.5 Å². The lowest BCUT2D eigenvalue weighted by molar-refractivity contribution is 0.0948. The van der Waals surface area contributed by atoms with Crippen LogP contribution in [0.5, 0.6) is 0 Å². The van der Waals surface area contributed by atoms with Gasteiger partial charge in [0.15, 0.2) is 0 Å². The predicted molar refractivity (Wildman–Crippen MR) is 138 cm³/mol. The van der Waals surface area contributed by atoms with Gasteiger partial charge in [0.05, 0.1) is 16.1 Å². The van der Waals surface area contributed by atoms with Gasteiger partial charge in [-0.15, -0.1) is 0 Å². The van der Waals surface area contributed by atoms with Crippen molar-refractivity contribution in [3.05, 3.63) is 59.1 Å². The molecule has 0 atom stereocenters. The van der Waals surface area contributed by atoms with Crippen molar-refractivity contribution in [1.29, 1.82) is 0 Å². The molecule has 3 aromatic rings. The zero-order valence-electron chi connectivity index (χ0n) is 19.3. The number of fused-ring (bicyclic) bond motifs is 1. The van der Waals surface area contributed by atoms with Gasteiger partial charge in [-0.3, -0.25) is 9.69 Å². The summed E-state index contributed by atoms with van der Waals surface area (Å²) in [6.07, 6.45) is 4.99. The van der Waals surface area contributed by atoms with Gasteiger partial charge in [-0.2, -0.15) is 4.98 Å². The van der Waals surface area contributed by atoms with Gasteiger partial charge in [0.1, 0.15) is 5.82 Å². The maximum absolute atomic E-state index is 12.4. The highest BCUT2D eigenvalue weighted by Gasteiger charge is 2.22. The maximum Gasteiger partial charge on any atom is 0.252 e. The largest absolute Gasteiger partial charge is 0.367 e. The van der Waals surface area contributed by atoms with Gasteiger partial charge >= 0.3 is 0 Å². The van der Waals surface area contributed by atoms with Crippen molar-refractivity contribution in [3.63, 3.8) is 0 Å². The van der Waals surface area contributed by atoms with Crippen molar-refractivity contribution >= 4 is 40.2 Å². The number of anilines is 2. The molecule has 0 radical (unpaired) electrons. The van der Waals surface area contributed by atoms with Crippen molar-refractivity contribution in [2.45, 2.75) is 31.7 Å². The molecule has 2 aromatic carbocycles. The van der Waals surface area contributed by atoms with E-state index in [9.17, 15) is 4.79 Å². The average molecular weight is 479 g/mol. The summed E-state index contributed by atoms with van der Waals surface area (Å²) in [7, 11) is 0. The standard InChI is InChI=1S/C26H31ClN6O/c27-22-11-5-3-9-20(22)25(34)28-13-14-32-15-17-33(18-16-32)26-30-23-12-6-4-10-21(23)24(31-26)29-19-7-1-2-8-19/h3-6,9-12,19H,1-2,7-8,13-18H2,(H,28,34)(H,29,30,31). The highest BCUT2D eigenvalue weighted by Crippen LogP contribution is 2.28. The number of aromatic nitrogens is 2. The number of hydrogen-bond donors (Lipinski definition) is 2. The van der Waals surface area contributed by atoms with E-state index in [1.807, 2.05) is 18.2 Å². The first-order chi connectivity index (χ1) is 16.7. The van der Waals surface area contributed by atoms with E-state index in [1.165, 1.54) is 25.7 Å². The molecule has 7 nitrogen and oxygen atoms in total. The first-order valence-corrected chi connectivity index (χ1v) is 12.6. The number of piperazine rings is 1. The second-order valence-electron chi connectivity index (χ2n) is 9.08. The van der Waals surface area contributed by atoms with Gasteiger partial charge in [-0.25, -0.2) is 4.98 Å². The normalized spacial score (nSPS) is 17.3. The number of para-hydroxylation sites is 1. The van der Waals surface area contributed by atoms with E-state index in [0.717, 1.165) is 55.4 Å². The smallest absolute Gasteiger partial charge is 0.252 e. The minimum absolute atomic E-state index is 0.129. The average Bonchev–Trinajstić information content (AvgIpc) is 3.38. The molecule has 34 heavy (non-hydrogen) atoms. The Morgan fingerprint density at radius 2 is 1.71 bits per heavy atom. The fourth-order valence-corrected chi connectivity index (χ4v) is 5.04. The van der Waals surface area contributed by atoms with Crippen LogP contribution in [-0.4, -0.2) is 66.1 Å². The van der Waals surface area contributed by atoms with Crippen LogP contribution in [-0.2, 0) is 0 Å². The molecule has 1 aliphatic carbocycles. The summed E-state index contributed by atoms with van der Waals surface area (Å²) in [5.41, 5.74) is 1.50. The molecule has 2 N–H and O–H groups in total. The number of carbonyl (C=O) groups is 1. The molecule has 1 amide bonds. The lowest BCUT2D eigenvalue weighted by Crippen LogP contribution is -2.49. The Bertz CT molecular complexity index is 1140. The van der Waals surface area contributed by atoms with Crippen molar-refractivity contribution in [2.75, 3.05) is 49.5 Å². The van der Waals surface area contributed by atoms with Crippen molar-refractivity contribution < 1.29 is 4.79 Å². The van der Waals surface area contributed by atoms with Crippen molar-refractivity contribution in [3.8, 4) is 0 Å². The van der Waals surface area contributed by atoms with Gasteiger partial charge < -0.3 is 15.5 Å². The van der Waals surface area contributed by atoms with E-state index in [0.29, 0.717) is 23.2 Å². The van der Waals surface area contributed by atoms with Crippen LogP contribution in [0.4, 0.5) is 11.8 Å². The highest BCUT2D eigenvalue weighted by molar-refractivity contribution is 6.33. The van der Waals surface area contributed by atoms with E-state index in [4.69, 9.17) is 21.6 Å². The van der Waals surface area contributed by atoms with Crippen LogP contribution in [0.2, 0.25) is 5.02 Å². The first kappa shape index (κ1) is 22.9. The number of carbonyl (C=O) groups excluding carboxylic acids is 1. The molecule has 8 heteroatoms. The molecule has 0 unspecified atom stereocenters. The minimum Gasteiger partial charge on any atom is -0.367 e. The summed E-state index contributed by atoms with van der Waals surface area (Å²) in [5.74, 6) is 1.62. The second-order valence-corrected chi connectivity index (χ2v) is 9.49. The molecule has 178 valence electrons. The van der Waals surface area contributed by atoms with Crippen LogP contribution < -0.4 is 15.5 Å². The number of amides is 1. The Morgan fingerprint density at radius 3 is 2.50 bits per heavy atom. The Kier molecular flexibility index (Phi) is 7.11. The van der Waals surface area contributed by atoms with Gasteiger partial charge in [-0.05, 0) is 37.1 Å². The zero-order chi connectivity index (χ0) is 23.3. The SMILES string of the molecule is O=C(NCCN1CCN(c2nc(NC3CCCC3)c3ccccc3n2)CC1)c1ccccc1Cl. The first-order valence-electron chi connectivity index (χ1n) is 12.2.